The molecule has 2 rings (SSSR count). The average Bonchev–Trinajstić information content (AvgIpc) is 2.63. The number of allylic oxidation sites excluding steroid dienone is 3. The van der Waals surface area contributed by atoms with Crippen molar-refractivity contribution < 1.29 is 15.2 Å². The predicted octanol–water partition coefficient (Wildman–Crippen LogP) is 7.71. The van der Waals surface area contributed by atoms with E-state index in [9.17, 15) is 4.79 Å². The van der Waals surface area contributed by atoms with E-state index in [0.717, 1.165) is 30.9 Å². The molecular weight excluding hydrogens is 342 g/mol. The Kier molecular flexibility index (Phi) is 2.60. The molecule has 1 N–H and O–H groups in total. The van der Waals surface area contributed by atoms with Crippen molar-refractivity contribution in [1.82, 2.24) is 3.80 Å². The van der Waals surface area contributed by atoms with E-state index in [1.807, 2.05) is 12.2 Å². The minimum atomic E-state index is -5.19. The van der Waals surface area contributed by atoms with Gasteiger partial charge in [0, 0.05) is 0 Å². The van der Waals surface area contributed by atoms with Crippen LogP contribution in [0, 0.1) is 10.8 Å². The summed E-state index contributed by atoms with van der Waals surface area (Å²) in [5.74, 6) is 0.161. The van der Waals surface area contributed by atoms with Crippen LogP contribution in [0.25, 0.3) is 0 Å². The molecule has 3 heteroatoms. The molecule has 147 valence electrons. The standard InChI is InChI=1S/C6H7NO.2C5H11.C2H4.4CH3.Ti/c7-6(8)5-3-1-2-4-5;2*1-5(2,3)4;1-2;;;;;/h1-3H,4H2,(H2,7,8);2*1H2,2-4H3;1-2H2;4*1H3;/q;;;;;;;;+1/p-1. The Bertz CT molecular complexity index is 789. The molecule has 0 bridgehead atoms. The van der Waals surface area contributed by atoms with Gasteiger partial charge in [-0.1, -0.05) is 0 Å². The third kappa shape index (κ3) is 3.34. The molecule has 0 unspecified atom stereocenters. The van der Waals surface area contributed by atoms with Crippen LogP contribution in [0.2, 0.25) is 39.8 Å². The molecule has 0 radical (unpaired) electrons. The molecular formula is C22H44NOTi. The van der Waals surface area contributed by atoms with Gasteiger partial charge in [-0.25, -0.2) is 0 Å². The molecule has 2 nitrogen and oxygen atoms in total. The molecule has 1 fully saturated rings. The van der Waals surface area contributed by atoms with E-state index >= 15 is 0 Å². The maximum absolute atomic E-state index is 13.5. The quantitative estimate of drug-likeness (QED) is 0.493. The number of hydrogen-bond donors (Lipinski definition) is 1. The molecule has 1 saturated heterocycles. The SMILES string of the molecule is CC(C)(C)[CH2][Ti]1([CH3])([CH3])([CH3])([CH3])([CH2]C(C)(C)C)([NH]C(=O)C2=CC=CC2)[CH2][CH2]1. The summed E-state index contributed by atoms with van der Waals surface area (Å²) < 4.78 is 8.33. The third-order valence-electron chi connectivity index (χ3n) is 8.64. The Morgan fingerprint density at radius 1 is 0.960 bits per heavy atom. The summed E-state index contributed by atoms with van der Waals surface area (Å²) in [5.41, 5.74) is 1.18. The number of carbonyl (C=O) groups is 1. The molecule has 0 spiro atoms. The fourth-order valence-electron chi connectivity index (χ4n) is 9.86. The zero-order chi connectivity index (χ0) is 19.9. The van der Waals surface area contributed by atoms with Crippen LogP contribution in [0.4, 0.5) is 0 Å². The zero-order valence-corrected chi connectivity index (χ0v) is 20.2. The molecule has 1 aliphatic carbocycles. The molecule has 2 aliphatic rings. The minimum absolute atomic E-state index is 0.132. The van der Waals surface area contributed by atoms with Crippen molar-refractivity contribution in [3.8, 4) is 0 Å². The number of amides is 1. The van der Waals surface area contributed by atoms with E-state index < -0.39 is 10.4 Å². The van der Waals surface area contributed by atoms with Gasteiger partial charge in [-0.05, 0) is 0 Å². The number of carbonyl (C=O) groups excluding carboxylic acids is 1. The average molecular weight is 386 g/mol. The Balaban J connectivity index is 2.81. The van der Waals surface area contributed by atoms with Gasteiger partial charge in [0.15, 0.2) is 0 Å². The monoisotopic (exact) mass is 386 g/mol. The van der Waals surface area contributed by atoms with Gasteiger partial charge in [-0.15, -0.1) is 0 Å². The molecule has 0 atom stereocenters. The molecule has 0 aromatic heterocycles. The van der Waals surface area contributed by atoms with Gasteiger partial charge in [-0.2, -0.15) is 0 Å². The van der Waals surface area contributed by atoms with Crippen LogP contribution in [0.15, 0.2) is 23.8 Å². The van der Waals surface area contributed by atoms with Crippen LogP contribution in [-0.4, -0.2) is 5.91 Å². The first-order valence-electron chi connectivity index (χ1n) is 10.3. The topological polar surface area (TPSA) is 29.1 Å². The van der Waals surface area contributed by atoms with Gasteiger partial charge in [0.2, 0.25) is 0 Å². The van der Waals surface area contributed by atoms with Crippen LogP contribution in [0.1, 0.15) is 48.0 Å². The first-order valence-corrected chi connectivity index (χ1v) is 21.7. The molecule has 1 amide bonds. The maximum atomic E-state index is 13.5. The summed E-state index contributed by atoms with van der Waals surface area (Å²) in [6, 6.07) is 0. The number of rotatable bonds is 4. The van der Waals surface area contributed by atoms with Gasteiger partial charge >= 0.3 is 147 Å². The van der Waals surface area contributed by atoms with Crippen molar-refractivity contribution in [3.63, 3.8) is 0 Å². The van der Waals surface area contributed by atoms with Crippen LogP contribution < -0.4 is 3.80 Å². The molecule has 0 saturated carbocycles. The van der Waals surface area contributed by atoms with Gasteiger partial charge < -0.3 is 0 Å². The summed E-state index contributed by atoms with van der Waals surface area (Å²) >= 11 is 0. The summed E-state index contributed by atoms with van der Waals surface area (Å²) in [4.78, 5) is 13.5. The fraction of sp³-hybridized carbons (Fsp3) is 0.773. The molecule has 0 aromatic rings. The predicted molar refractivity (Wildman–Crippen MR) is 112 cm³/mol. The second kappa shape index (κ2) is 3.10. The molecule has 1 heterocycles. The Morgan fingerprint density at radius 2 is 1.40 bits per heavy atom. The van der Waals surface area contributed by atoms with Gasteiger partial charge in [0.05, 0.1) is 0 Å². The second-order valence-electron chi connectivity index (χ2n) is 19.6. The van der Waals surface area contributed by atoms with Gasteiger partial charge in [0.1, 0.15) is 0 Å². The van der Waals surface area contributed by atoms with E-state index in [2.05, 4.69) is 72.3 Å². The molecule has 25 heavy (non-hydrogen) atoms. The van der Waals surface area contributed by atoms with E-state index in [4.69, 9.17) is 0 Å². The van der Waals surface area contributed by atoms with Crippen molar-refractivity contribution >= 4 is 5.91 Å². The number of hydrogen-bond acceptors (Lipinski definition) is 1. The van der Waals surface area contributed by atoms with Crippen molar-refractivity contribution in [3.05, 3.63) is 23.8 Å². The van der Waals surface area contributed by atoms with Crippen molar-refractivity contribution in [2.24, 2.45) is 10.8 Å². The van der Waals surface area contributed by atoms with Crippen molar-refractivity contribution in [1.29, 1.82) is 0 Å². The second-order valence-corrected chi connectivity index (χ2v) is 59.7. The van der Waals surface area contributed by atoms with E-state index in [0.29, 0.717) is 0 Å². The summed E-state index contributed by atoms with van der Waals surface area (Å²) in [6.07, 6.45) is 6.83. The van der Waals surface area contributed by atoms with E-state index in [1.165, 1.54) is 0 Å². The van der Waals surface area contributed by atoms with Gasteiger partial charge in [-0.3, -0.25) is 0 Å². The summed E-state index contributed by atoms with van der Waals surface area (Å²) in [6.45, 7) is 14.0. The fourth-order valence-corrected chi connectivity index (χ4v) is 48.3. The Labute approximate surface area is 147 Å². The summed E-state index contributed by atoms with van der Waals surface area (Å²) in [5, 5.41) is 10.2. The molecule has 0 aromatic carbocycles. The van der Waals surface area contributed by atoms with E-state index in [-0.39, 0.29) is 16.7 Å². The normalized spacial score (nSPS) is 39.3. The van der Waals surface area contributed by atoms with Gasteiger partial charge in [0.25, 0.3) is 0 Å². The summed E-state index contributed by atoms with van der Waals surface area (Å²) in [7, 11) is -5.19. The van der Waals surface area contributed by atoms with Crippen LogP contribution >= 0.6 is 0 Å². The van der Waals surface area contributed by atoms with E-state index in [1.54, 1.807) is 0 Å². The number of nitrogens with one attached hydrogen (secondary N) is 1. The third-order valence-corrected chi connectivity index (χ3v) is 32.3. The Morgan fingerprint density at radius 3 is 1.68 bits per heavy atom. The van der Waals surface area contributed by atoms with Crippen LogP contribution in [0.3, 0.4) is 0 Å². The van der Waals surface area contributed by atoms with Crippen LogP contribution in [0.5, 0.6) is 0 Å². The zero-order valence-electron chi connectivity index (χ0n) is 18.7. The molecule has 1 aliphatic heterocycles. The van der Waals surface area contributed by atoms with Crippen molar-refractivity contribution in [2.75, 3.05) is 0 Å². The first-order chi connectivity index (χ1) is 10.4. The first kappa shape index (κ1) is 21.0. The Hall–Kier alpha value is -0.336. The van der Waals surface area contributed by atoms with Crippen LogP contribution in [-0.2, 0) is 15.2 Å². The van der Waals surface area contributed by atoms with Crippen molar-refractivity contribution in [2.45, 2.75) is 87.8 Å².